The van der Waals surface area contributed by atoms with Crippen molar-refractivity contribution in [1.29, 1.82) is 0 Å². The zero-order valence-corrected chi connectivity index (χ0v) is 10.2. The fourth-order valence-electron chi connectivity index (χ4n) is 0.902. The second-order valence-corrected chi connectivity index (χ2v) is 5.70. The second kappa shape index (κ2) is 5.21. The molecule has 2 unspecified atom stereocenters. The predicted octanol–water partition coefficient (Wildman–Crippen LogP) is 1.44. The molecule has 0 aliphatic carbocycles. The first-order chi connectivity index (χ1) is 4.57. The van der Waals surface area contributed by atoms with E-state index in [0.717, 1.165) is 12.0 Å². The molecule has 0 aliphatic heterocycles. The Bertz CT molecular complexity index is 85.7. The zero-order chi connectivity index (χ0) is 8.15. The highest BCUT2D eigenvalue weighted by molar-refractivity contribution is 7.75. The van der Waals surface area contributed by atoms with E-state index in [9.17, 15) is 0 Å². The molecule has 0 aliphatic rings. The van der Waals surface area contributed by atoms with Crippen LogP contribution in [0.3, 0.4) is 0 Å². The van der Waals surface area contributed by atoms with Crippen LogP contribution in [0.15, 0.2) is 0 Å². The molecule has 1 nitrogen and oxygen atoms in total. The average molecular weight is 178 g/mol. The van der Waals surface area contributed by atoms with Gasteiger partial charge in [-0.05, 0) is 25.2 Å². The van der Waals surface area contributed by atoms with Crippen LogP contribution in [0.5, 0.6) is 0 Å². The first kappa shape index (κ1) is 10.5. The molecule has 3 heteroatoms. The standard InChI is InChI=1S/C7H18OSSi/c1-5(2)7(8-9)4-6(3)10/h5-7,9H,4H2,1-3,10H3. The van der Waals surface area contributed by atoms with Crippen LogP contribution in [0.4, 0.5) is 0 Å². The lowest BCUT2D eigenvalue weighted by molar-refractivity contribution is 0.175. The minimum absolute atomic E-state index is 0.343. The van der Waals surface area contributed by atoms with Crippen LogP contribution in [0.2, 0.25) is 5.54 Å². The van der Waals surface area contributed by atoms with E-state index in [4.69, 9.17) is 4.18 Å². The summed E-state index contributed by atoms with van der Waals surface area (Å²) in [6.07, 6.45) is 1.50. The van der Waals surface area contributed by atoms with Crippen molar-refractivity contribution in [3.8, 4) is 0 Å². The van der Waals surface area contributed by atoms with Gasteiger partial charge in [0.2, 0.25) is 0 Å². The molecule has 0 bridgehead atoms. The molecule has 2 atom stereocenters. The maximum atomic E-state index is 5.04. The number of hydrogen-bond donors (Lipinski definition) is 1. The van der Waals surface area contributed by atoms with Gasteiger partial charge in [0, 0.05) is 10.2 Å². The Hall–Kier alpha value is 0.527. The highest BCUT2D eigenvalue weighted by Crippen LogP contribution is 2.18. The second-order valence-electron chi connectivity index (χ2n) is 3.52. The van der Waals surface area contributed by atoms with Crippen LogP contribution < -0.4 is 0 Å². The summed E-state index contributed by atoms with van der Waals surface area (Å²) in [5.41, 5.74) is 0.833. The van der Waals surface area contributed by atoms with Crippen LogP contribution in [0.1, 0.15) is 27.2 Å². The van der Waals surface area contributed by atoms with Gasteiger partial charge in [0.05, 0.1) is 6.10 Å². The number of thiol groups is 1. The smallest absolute Gasteiger partial charge is 0.0741 e. The molecule has 0 spiro atoms. The van der Waals surface area contributed by atoms with E-state index in [1.165, 1.54) is 10.2 Å². The summed E-state index contributed by atoms with van der Waals surface area (Å²) >= 11 is 3.85. The summed E-state index contributed by atoms with van der Waals surface area (Å²) in [4.78, 5) is 0. The van der Waals surface area contributed by atoms with Gasteiger partial charge < -0.3 is 4.18 Å². The van der Waals surface area contributed by atoms with Gasteiger partial charge in [-0.2, -0.15) is 0 Å². The van der Waals surface area contributed by atoms with Crippen molar-refractivity contribution < 1.29 is 4.18 Å². The highest BCUT2D eigenvalue weighted by Gasteiger charge is 2.13. The molecule has 0 rings (SSSR count). The van der Waals surface area contributed by atoms with Crippen LogP contribution in [-0.2, 0) is 4.18 Å². The minimum Gasteiger partial charge on any atom is -0.315 e. The van der Waals surface area contributed by atoms with Gasteiger partial charge in [-0.25, -0.2) is 0 Å². The lowest BCUT2D eigenvalue weighted by atomic mass is 10.0. The summed E-state index contributed by atoms with van der Waals surface area (Å²) in [5, 5.41) is 0. The molecule has 0 radical (unpaired) electrons. The fourth-order valence-corrected chi connectivity index (χ4v) is 1.70. The van der Waals surface area contributed by atoms with Crippen molar-refractivity contribution in [2.24, 2.45) is 5.92 Å². The SMILES string of the molecule is CC([SiH3])CC(OS)C(C)C. The van der Waals surface area contributed by atoms with Gasteiger partial charge >= 0.3 is 0 Å². The first-order valence-electron chi connectivity index (χ1n) is 3.88. The average Bonchev–Trinajstić information content (AvgIpc) is 1.81. The predicted molar refractivity (Wildman–Crippen MR) is 52.7 cm³/mol. The third-order valence-corrected chi connectivity index (χ3v) is 2.32. The molecular formula is C7H18OSSi. The fraction of sp³-hybridized carbons (Fsp3) is 1.00. The Morgan fingerprint density at radius 2 is 1.90 bits per heavy atom. The first-order valence-corrected chi connectivity index (χ1v) is 5.40. The third-order valence-electron chi connectivity index (χ3n) is 1.58. The largest absolute Gasteiger partial charge is 0.315 e. The van der Waals surface area contributed by atoms with E-state index < -0.39 is 0 Å². The van der Waals surface area contributed by atoms with Crippen molar-refractivity contribution in [3.63, 3.8) is 0 Å². The van der Waals surface area contributed by atoms with Crippen molar-refractivity contribution in [1.82, 2.24) is 0 Å². The topological polar surface area (TPSA) is 9.23 Å². The molecule has 0 aromatic heterocycles. The van der Waals surface area contributed by atoms with Crippen LogP contribution >= 0.6 is 12.9 Å². The van der Waals surface area contributed by atoms with Gasteiger partial charge in [0.25, 0.3) is 0 Å². The van der Waals surface area contributed by atoms with E-state index in [2.05, 4.69) is 33.7 Å². The molecule has 0 saturated heterocycles. The quantitative estimate of drug-likeness (QED) is 0.389. The summed E-state index contributed by atoms with van der Waals surface area (Å²) in [5.74, 6) is 0.592. The Morgan fingerprint density at radius 1 is 1.40 bits per heavy atom. The number of hydrogen-bond acceptors (Lipinski definition) is 2. The van der Waals surface area contributed by atoms with Gasteiger partial charge in [-0.1, -0.05) is 26.3 Å². The van der Waals surface area contributed by atoms with Crippen LogP contribution in [-0.4, -0.2) is 16.3 Å². The normalized spacial score (nSPS) is 17.7. The van der Waals surface area contributed by atoms with E-state index in [-0.39, 0.29) is 0 Å². The molecule has 0 fully saturated rings. The Morgan fingerprint density at radius 3 is 2.00 bits per heavy atom. The maximum absolute atomic E-state index is 5.04. The van der Waals surface area contributed by atoms with Crippen molar-refractivity contribution >= 4 is 23.2 Å². The lowest BCUT2D eigenvalue weighted by Gasteiger charge is -2.19. The molecule has 0 heterocycles. The third kappa shape index (κ3) is 4.36. The summed E-state index contributed by atoms with van der Waals surface area (Å²) in [6.45, 7) is 6.60. The monoisotopic (exact) mass is 178 g/mol. The lowest BCUT2D eigenvalue weighted by Crippen LogP contribution is -2.17. The number of rotatable bonds is 4. The van der Waals surface area contributed by atoms with Crippen molar-refractivity contribution in [2.45, 2.75) is 38.8 Å². The Kier molecular flexibility index (Phi) is 5.49. The zero-order valence-electron chi connectivity index (χ0n) is 7.29. The molecular weight excluding hydrogens is 160 g/mol. The maximum Gasteiger partial charge on any atom is 0.0741 e. The van der Waals surface area contributed by atoms with E-state index in [0.29, 0.717) is 12.0 Å². The van der Waals surface area contributed by atoms with Gasteiger partial charge in [-0.3, -0.25) is 0 Å². The Labute approximate surface area is 72.6 Å². The summed E-state index contributed by atoms with van der Waals surface area (Å²) in [7, 11) is 1.25. The van der Waals surface area contributed by atoms with Crippen molar-refractivity contribution in [2.75, 3.05) is 0 Å². The Balaban J connectivity index is 3.60. The van der Waals surface area contributed by atoms with Gasteiger partial charge in [-0.15, -0.1) is 0 Å². The van der Waals surface area contributed by atoms with Crippen molar-refractivity contribution in [3.05, 3.63) is 0 Å². The minimum atomic E-state index is 0.343. The molecule has 10 heavy (non-hydrogen) atoms. The summed E-state index contributed by atoms with van der Waals surface area (Å²) in [6, 6.07) is 0. The molecule has 0 N–H and O–H groups in total. The van der Waals surface area contributed by atoms with Gasteiger partial charge in [0.1, 0.15) is 0 Å². The van der Waals surface area contributed by atoms with E-state index >= 15 is 0 Å². The molecule has 0 aromatic carbocycles. The molecule has 0 aromatic rings. The van der Waals surface area contributed by atoms with E-state index in [1.54, 1.807) is 0 Å². The van der Waals surface area contributed by atoms with Crippen LogP contribution in [0, 0.1) is 5.92 Å². The van der Waals surface area contributed by atoms with Crippen LogP contribution in [0.25, 0.3) is 0 Å². The molecule has 62 valence electrons. The highest BCUT2D eigenvalue weighted by atomic mass is 32.1. The van der Waals surface area contributed by atoms with Gasteiger partial charge in [0.15, 0.2) is 0 Å². The van der Waals surface area contributed by atoms with E-state index in [1.807, 2.05) is 0 Å². The molecule has 0 saturated carbocycles. The summed E-state index contributed by atoms with van der Waals surface area (Å²) < 4.78 is 5.04. The molecule has 0 amide bonds.